The van der Waals surface area contributed by atoms with Crippen molar-refractivity contribution in [3.05, 3.63) is 18.2 Å². The molecule has 0 aromatic carbocycles. The summed E-state index contributed by atoms with van der Waals surface area (Å²) in [4.78, 5) is 4.37. The second-order valence-corrected chi connectivity index (χ2v) is 4.59. The van der Waals surface area contributed by atoms with Crippen molar-refractivity contribution in [3.8, 4) is 0 Å². The molecule has 17 heavy (non-hydrogen) atoms. The van der Waals surface area contributed by atoms with Gasteiger partial charge in [-0.25, -0.2) is 4.98 Å². The molecule has 4 heteroatoms. The standard InChI is InChI=1S/C13H23N3O/c1-2-14-11-13-15-7-9-16(13)8-3-5-12-6-4-10-17-12/h7,9,12,14H,2-6,8,10-11H2,1H3. The summed E-state index contributed by atoms with van der Waals surface area (Å²) in [6.07, 6.45) is 9.31. The summed E-state index contributed by atoms with van der Waals surface area (Å²) in [7, 11) is 0. The second kappa shape index (κ2) is 6.77. The Kier molecular flexibility index (Phi) is 5.01. The molecule has 0 radical (unpaired) electrons. The van der Waals surface area contributed by atoms with Gasteiger partial charge in [0.2, 0.25) is 0 Å². The lowest BCUT2D eigenvalue weighted by molar-refractivity contribution is 0.101. The molecule has 1 aromatic rings. The van der Waals surface area contributed by atoms with Gasteiger partial charge in [0.25, 0.3) is 0 Å². The Morgan fingerprint density at radius 2 is 2.53 bits per heavy atom. The van der Waals surface area contributed by atoms with Crippen LogP contribution in [-0.2, 0) is 17.8 Å². The van der Waals surface area contributed by atoms with Crippen LogP contribution < -0.4 is 5.32 Å². The molecule has 96 valence electrons. The molecule has 0 amide bonds. The van der Waals surface area contributed by atoms with Crippen molar-refractivity contribution in [2.24, 2.45) is 0 Å². The SMILES string of the molecule is CCNCc1nccn1CCCC1CCCO1. The van der Waals surface area contributed by atoms with Crippen molar-refractivity contribution >= 4 is 0 Å². The van der Waals surface area contributed by atoms with Gasteiger partial charge in [0, 0.05) is 25.5 Å². The normalized spacial score (nSPS) is 19.9. The maximum Gasteiger partial charge on any atom is 0.122 e. The van der Waals surface area contributed by atoms with Crippen molar-refractivity contribution in [2.75, 3.05) is 13.2 Å². The zero-order valence-electron chi connectivity index (χ0n) is 10.7. The predicted molar refractivity (Wildman–Crippen MR) is 67.8 cm³/mol. The molecule has 1 aromatic heterocycles. The van der Waals surface area contributed by atoms with E-state index in [1.165, 1.54) is 25.7 Å². The van der Waals surface area contributed by atoms with Crippen LogP contribution in [0.3, 0.4) is 0 Å². The van der Waals surface area contributed by atoms with E-state index in [0.717, 1.165) is 32.1 Å². The molecular formula is C13H23N3O. The number of rotatable bonds is 7. The third-order valence-corrected chi connectivity index (χ3v) is 3.28. The number of hydrogen-bond acceptors (Lipinski definition) is 3. The number of aromatic nitrogens is 2. The second-order valence-electron chi connectivity index (χ2n) is 4.59. The lowest BCUT2D eigenvalue weighted by Crippen LogP contribution is -2.16. The number of imidazole rings is 1. The predicted octanol–water partition coefficient (Wildman–Crippen LogP) is 1.95. The number of aryl methyl sites for hydroxylation is 1. The Balaban J connectivity index is 1.72. The zero-order valence-corrected chi connectivity index (χ0v) is 10.7. The van der Waals surface area contributed by atoms with Crippen molar-refractivity contribution < 1.29 is 4.74 Å². The summed E-state index contributed by atoms with van der Waals surface area (Å²) < 4.78 is 7.88. The van der Waals surface area contributed by atoms with Gasteiger partial charge in [0.05, 0.1) is 12.6 Å². The molecule has 2 heterocycles. The van der Waals surface area contributed by atoms with E-state index in [2.05, 4.69) is 28.0 Å². The molecule has 1 atom stereocenters. The lowest BCUT2D eigenvalue weighted by atomic mass is 10.1. The molecule has 0 bridgehead atoms. The van der Waals surface area contributed by atoms with Crippen LogP contribution in [0.4, 0.5) is 0 Å². The smallest absolute Gasteiger partial charge is 0.122 e. The molecule has 2 rings (SSSR count). The molecule has 4 nitrogen and oxygen atoms in total. The Labute approximate surface area is 103 Å². The van der Waals surface area contributed by atoms with Gasteiger partial charge in [-0.2, -0.15) is 0 Å². The van der Waals surface area contributed by atoms with Gasteiger partial charge in [-0.1, -0.05) is 6.92 Å². The fourth-order valence-corrected chi connectivity index (χ4v) is 2.31. The fraction of sp³-hybridized carbons (Fsp3) is 0.769. The van der Waals surface area contributed by atoms with Gasteiger partial charge in [0.15, 0.2) is 0 Å². The van der Waals surface area contributed by atoms with Crippen LogP contribution in [-0.4, -0.2) is 28.8 Å². The summed E-state index contributed by atoms with van der Waals surface area (Å²) in [5.41, 5.74) is 0. The molecule has 1 saturated heterocycles. The number of ether oxygens (including phenoxy) is 1. The third-order valence-electron chi connectivity index (χ3n) is 3.28. The van der Waals surface area contributed by atoms with E-state index in [1.54, 1.807) is 0 Å². The summed E-state index contributed by atoms with van der Waals surface area (Å²) in [6.45, 7) is 5.99. The largest absolute Gasteiger partial charge is 0.378 e. The minimum Gasteiger partial charge on any atom is -0.378 e. The highest BCUT2D eigenvalue weighted by molar-refractivity contribution is 4.91. The summed E-state index contributed by atoms with van der Waals surface area (Å²) in [6, 6.07) is 0. The summed E-state index contributed by atoms with van der Waals surface area (Å²) in [5, 5.41) is 3.31. The van der Waals surface area contributed by atoms with E-state index in [0.29, 0.717) is 6.10 Å². The first-order valence-electron chi connectivity index (χ1n) is 6.72. The Bertz CT molecular complexity index is 318. The minimum absolute atomic E-state index is 0.510. The van der Waals surface area contributed by atoms with Gasteiger partial charge in [-0.15, -0.1) is 0 Å². The first kappa shape index (κ1) is 12.6. The average Bonchev–Trinajstić information content (AvgIpc) is 2.98. The summed E-state index contributed by atoms with van der Waals surface area (Å²) >= 11 is 0. The highest BCUT2D eigenvalue weighted by Gasteiger charge is 2.14. The molecule has 1 aliphatic rings. The molecule has 0 saturated carbocycles. The maximum atomic E-state index is 5.63. The van der Waals surface area contributed by atoms with Crippen LogP contribution in [0.5, 0.6) is 0 Å². The van der Waals surface area contributed by atoms with Crippen LogP contribution >= 0.6 is 0 Å². The van der Waals surface area contributed by atoms with Crippen molar-refractivity contribution in [1.29, 1.82) is 0 Å². The summed E-state index contributed by atoms with van der Waals surface area (Å²) in [5.74, 6) is 1.14. The van der Waals surface area contributed by atoms with E-state index < -0.39 is 0 Å². The van der Waals surface area contributed by atoms with E-state index in [4.69, 9.17) is 4.74 Å². The van der Waals surface area contributed by atoms with E-state index in [-0.39, 0.29) is 0 Å². The van der Waals surface area contributed by atoms with Gasteiger partial charge in [-0.05, 0) is 32.2 Å². The van der Waals surface area contributed by atoms with Gasteiger partial charge >= 0.3 is 0 Å². The quantitative estimate of drug-likeness (QED) is 0.788. The topological polar surface area (TPSA) is 39.1 Å². The van der Waals surface area contributed by atoms with E-state index >= 15 is 0 Å². The van der Waals surface area contributed by atoms with Crippen LogP contribution in [0.25, 0.3) is 0 Å². The van der Waals surface area contributed by atoms with Crippen LogP contribution in [0.1, 0.15) is 38.4 Å². The minimum atomic E-state index is 0.510. The van der Waals surface area contributed by atoms with Gasteiger partial charge < -0.3 is 14.6 Å². The monoisotopic (exact) mass is 237 g/mol. The first-order chi connectivity index (χ1) is 8.40. The van der Waals surface area contributed by atoms with Crippen LogP contribution in [0.15, 0.2) is 12.4 Å². The van der Waals surface area contributed by atoms with Crippen molar-refractivity contribution in [3.63, 3.8) is 0 Å². The molecule has 1 N–H and O–H groups in total. The Hall–Kier alpha value is -0.870. The van der Waals surface area contributed by atoms with Crippen molar-refractivity contribution in [1.82, 2.24) is 14.9 Å². The lowest BCUT2D eigenvalue weighted by Gasteiger charge is -2.11. The van der Waals surface area contributed by atoms with Crippen molar-refractivity contribution in [2.45, 2.75) is 51.8 Å². The molecule has 1 fully saturated rings. The maximum absolute atomic E-state index is 5.63. The average molecular weight is 237 g/mol. The highest BCUT2D eigenvalue weighted by Crippen LogP contribution is 2.17. The molecular weight excluding hydrogens is 214 g/mol. The van der Waals surface area contributed by atoms with E-state index in [9.17, 15) is 0 Å². The Morgan fingerprint density at radius 1 is 1.59 bits per heavy atom. The molecule has 0 spiro atoms. The first-order valence-corrected chi connectivity index (χ1v) is 6.72. The fourth-order valence-electron chi connectivity index (χ4n) is 2.31. The molecule has 1 aliphatic heterocycles. The third kappa shape index (κ3) is 3.82. The van der Waals surface area contributed by atoms with Gasteiger partial charge in [-0.3, -0.25) is 0 Å². The highest BCUT2D eigenvalue weighted by atomic mass is 16.5. The van der Waals surface area contributed by atoms with E-state index in [1.807, 2.05) is 6.20 Å². The molecule has 0 aliphatic carbocycles. The zero-order chi connectivity index (χ0) is 11.9. The number of nitrogens with one attached hydrogen (secondary N) is 1. The van der Waals surface area contributed by atoms with Gasteiger partial charge in [0.1, 0.15) is 5.82 Å². The van der Waals surface area contributed by atoms with Crippen LogP contribution in [0.2, 0.25) is 0 Å². The number of nitrogens with zero attached hydrogens (tertiary/aromatic N) is 2. The Morgan fingerprint density at radius 3 is 3.29 bits per heavy atom. The number of hydrogen-bond donors (Lipinski definition) is 1. The van der Waals surface area contributed by atoms with Crippen LogP contribution in [0, 0.1) is 0 Å². The molecule has 1 unspecified atom stereocenters.